The number of hydrogen-bond donors (Lipinski definition) is 2. The van der Waals surface area contributed by atoms with Crippen LogP contribution in [0.2, 0.25) is 0 Å². The summed E-state index contributed by atoms with van der Waals surface area (Å²) in [5, 5.41) is 17.4. The van der Waals surface area contributed by atoms with Gasteiger partial charge in [0.1, 0.15) is 12.4 Å². The summed E-state index contributed by atoms with van der Waals surface area (Å²) in [6.45, 7) is 5.50. The van der Waals surface area contributed by atoms with Crippen LogP contribution in [0.3, 0.4) is 0 Å². The molecule has 10 heteroatoms. The highest BCUT2D eigenvalue weighted by atomic mass is 127. The Morgan fingerprint density at radius 1 is 1.32 bits per heavy atom. The van der Waals surface area contributed by atoms with Gasteiger partial charge in [0.15, 0.2) is 11.8 Å². The van der Waals surface area contributed by atoms with Crippen LogP contribution < -0.4 is 10.6 Å². The number of halogens is 1. The highest BCUT2D eigenvalue weighted by Gasteiger charge is 2.27. The molecular weight excluding hydrogens is 527 g/mol. The van der Waals surface area contributed by atoms with Crippen molar-refractivity contribution >= 4 is 47.2 Å². The van der Waals surface area contributed by atoms with E-state index in [4.69, 9.17) is 9.73 Å². The average Bonchev–Trinajstić information content (AvgIpc) is 3.37. The number of nitrogens with zero attached hydrogens (tertiary/aromatic N) is 4. The maximum Gasteiger partial charge on any atom is 0.308 e. The van der Waals surface area contributed by atoms with Crippen LogP contribution in [-0.4, -0.2) is 45.9 Å². The Bertz CT molecular complexity index is 831. The molecule has 2 heterocycles. The SMILES string of the molecule is CCOC(=O)C1CCC(NC(=NCc2nnc(C)n2C)NCCc2cccs2)CC1.I. The first-order chi connectivity index (χ1) is 14.6. The number of carbonyl (C=O) groups excluding carboxylic acids is 1. The van der Waals surface area contributed by atoms with Gasteiger partial charge in [-0.15, -0.1) is 45.5 Å². The minimum atomic E-state index is -0.0587. The Balaban J connectivity index is 0.00000341. The van der Waals surface area contributed by atoms with Gasteiger partial charge in [0, 0.05) is 24.5 Å². The maximum absolute atomic E-state index is 12.0. The predicted molar refractivity (Wildman–Crippen MR) is 134 cm³/mol. The Labute approximate surface area is 205 Å². The number of carbonyl (C=O) groups is 1. The fraction of sp³-hybridized carbons (Fsp3) is 0.619. The monoisotopic (exact) mass is 560 g/mol. The number of hydrogen-bond acceptors (Lipinski definition) is 6. The van der Waals surface area contributed by atoms with Gasteiger partial charge in [0.05, 0.1) is 12.5 Å². The lowest BCUT2D eigenvalue weighted by Gasteiger charge is -2.29. The van der Waals surface area contributed by atoms with Crippen molar-refractivity contribution in [2.24, 2.45) is 18.0 Å². The Kier molecular flexibility index (Phi) is 10.7. The molecule has 0 saturated heterocycles. The summed E-state index contributed by atoms with van der Waals surface area (Å²) in [4.78, 5) is 18.1. The van der Waals surface area contributed by atoms with Crippen LogP contribution in [0.5, 0.6) is 0 Å². The lowest BCUT2D eigenvalue weighted by molar-refractivity contribution is -0.149. The molecule has 2 aromatic heterocycles. The van der Waals surface area contributed by atoms with Crippen LogP contribution in [0, 0.1) is 12.8 Å². The van der Waals surface area contributed by atoms with E-state index in [-0.39, 0.29) is 35.9 Å². The number of ether oxygens (including phenoxy) is 1. The van der Waals surface area contributed by atoms with Crippen LogP contribution >= 0.6 is 35.3 Å². The fourth-order valence-electron chi connectivity index (χ4n) is 3.58. The summed E-state index contributed by atoms with van der Waals surface area (Å²) in [6, 6.07) is 4.52. The molecule has 1 aliphatic carbocycles. The topological polar surface area (TPSA) is 93.4 Å². The minimum absolute atomic E-state index is 0. The first-order valence-corrected chi connectivity index (χ1v) is 11.5. The molecule has 0 aliphatic heterocycles. The van der Waals surface area contributed by atoms with Crippen molar-refractivity contribution in [3.05, 3.63) is 34.0 Å². The van der Waals surface area contributed by atoms with Crippen LogP contribution in [0.4, 0.5) is 0 Å². The number of esters is 1. The quantitative estimate of drug-likeness (QED) is 0.223. The number of rotatable bonds is 8. The maximum atomic E-state index is 12.0. The molecule has 2 N–H and O–H groups in total. The van der Waals surface area contributed by atoms with E-state index in [0.29, 0.717) is 19.2 Å². The average molecular weight is 561 g/mol. The highest BCUT2D eigenvalue weighted by Crippen LogP contribution is 2.25. The van der Waals surface area contributed by atoms with Crippen LogP contribution in [-0.2, 0) is 29.5 Å². The van der Waals surface area contributed by atoms with E-state index in [2.05, 4.69) is 38.3 Å². The lowest BCUT2D eigenvalue weighted by Crippen LogP contribution is -2.46. The molecule has 0 radical (unpaired) electrons. The predicted octanol–water partition coefficient (Wildman–Crippen LogP) is 3.20. The van der Waals surface area contributed by atoms with Gasteiger partial charge in [-0.1, -0.05) is 6.07 Å². The second-order valence-corrected chi connectivity index (χ2v) is 8.62. The third kappa shape index (κ3) is 7.74. The molecule has 1 saturated carbocycles. The van der Waals surface area contributed by atoms with E-state index in [9.17, 15) is 4.79 Å². The molecule has 172 valence electrons. The van der Waals surface area contributed by atoms with E-state index >= 15 is 0 Å². The normalized spacial score (nSPS) is 18.9. The van der Waals surface area contributed by atoms with Gasteiger partial charge in [0.25, 0.3) is 0 Å². The van der Waals surface area contributed by atoms with Crippen LogP contribution in [0.15, 0.2) is 22.5 Å². The molecule has 0 amide bonds. The molecule has 31 heavy (non-hydrogen) atoms. The van der Waals surface area contributed by atoms with Gasteiger partial charge in [-0.05, 0) is 57.4 Å². The fourth-order valence-corrected chi connectivity index (χ4v) is 4.29. The molecule has 0 aromatic carbocycles. The Morgan fingerprint density at radius 2 is 2.10 bits per heavy atom. The molecule has 1 fully saturated rings. The number of nitrogens with one attached hydrogen (secondary N) is 2. The van der Waals surface area contributed by atoms with E-state index < -0.39 is 0 Å². The summed E-state index contributed by atoms with van der Waals surface area (Å²) < 4.78 is 7.13. The first-order valence-electron chi connectivity index (χ1n) is 10.7. The van der Waals surface area contributed by atoms with Crippen molar-refractivity contribution in [1.82, 2.24) is 25.4 Å². The standard InChI is InChI=1S/C21H32N6O2S.HI/c1-4-29-20(28)16-7-9-17(10-8-16)24-21(22-12-11-18-6-5-13-30-18)23-14-19-26-25-15(2)27(19)3;/h5-6,13,16-17H,4,7-12,14H2,1-3H3,(H2,22,23,24);1H. The molecule has 0 unspecified atom stereocenters. The molecule has 0 atom stereocenters. The number of aryl methyl sites for hydroxylation is 1. The minimum Gasteiger partial charge on any atom is -0.466 e. The zero-order valence-corrected chi connectivity index (χ0v) is 21.6. The van der Waals surface area contributed by atoms with Crippen molar-refractivity contribution in [2.45, 2.75) is 58.5 Å². The van der Waals surface area contributed by atoms with E-state index in [1.165, 1.54) is 4.88 Å². The van der Waals surface area contributed by atoms with E-state index in [1.54, 1.807) is 11.3 Å². The van der Waals surface area contributed by atoms with Gasteiger partial charge < -0.3 is 19.9 Å². The lowest BCUT2D eigenvalue weighted by atomic mass is 9.86. The zero-order chi connectivity index (χ0) is 21.3. The zero-order valence-electron chi connectivity index (χ0n) is 18.5. The second kappa shape index (κ2) is 13.0. The van der Waals surface area contributed by atoms with Gasteiger partial charge >= 0.3 is 5.97 Å². The van der Waals surface area contributed by atoms with Crippen LogP contribution in [0.25, 0.3) is 0 Å². The Hall–Kier alpha value is -1.69. The van der Waals surface area contributed by atoms with Crippen molar-refractivity contribution < 1.29 is 9.53 Å². The number of aromatic nitrogens is 3. The summed E-state index contributed by atoms with van der Waals surface area (Å²) in [5.74, 6) is 2.45. The number of thiophene rings is 1. The third-order valence-corrected chi connectivity index (χ3v) is 6.43. The van der Waals surface area contributed by atoms with Crippen molar-refractivity contribution in [3.63, 3.8) is 0 Å². The molecule has 1 aliphatic rings. The van der Waals surface area contributed by atoms with E-state index in [0.717, 1.165) is 56.3 Å². The van der Waals surface area contributed by atoms with Crippen molar-refractivity contribution in [1.29, 1.82) is 0 Å². The van der Waals surface area contributed by atoms with Gasteiger partial charge in [-0.25, -0.2) is 4.99 Å². The van der Waals surface area contributed by atoms with Gasteiger partial charge in [-0.3, -0.25) is 4.79 Å². The molecule has 8 nitrogen and oxygen atoms in total. The summed E-state index contributed by atoms with van der Waals surface area (Å²) in [6.07, 6.45) is 4.51. The number of guanidine groups is 1. The Morgan fingerprint density at radius 3 is 2.71 bits per heavy atom. The number of aliphatic imine (C=N–C) groups is 1. The highest BCUT2D eigenvalue weighted by molar-refractivity contribution is 14.0. The molecule has 2 aromatic rings. The smallest absolute Gasteiger partial charge is 0.308 e. The summed E-state index contributed by atoms with van der Waals surface area (Å²) >= 11 is 1.77. The largest absolute Gasteiger partial charge is 0.466 e. The second-order valence-electron chi connectivity index (χ2n) is 7.59. The molecular formula is C21H33IN6O2S. The first kappa shape index (κ1) is 25.6. The van der Waals surface area contributed by atoms with Gasteiger partial charge in [0.2, 0.25) is 0 Å². The van der Waals surface area contributed by atoms with E-state index in [1.807, 2.05) is 25.5 Å². The summed E-state index contributed by atoms with van der Waals surface area (Å²) in [5.41, 5.74) is 0. The van der Waals surface area contributed by atoms with Gasteiger partial charge in [-0.2, -0.15) is 0 Å². The van der Waals surface area contributed by atoms with Crippen molar-refractivity contribution in [2.75, 3.05) is 13.2 Å². The molecule has 0 spiro atoms. The molecule has 0 bridgehead atoms. The van der Waals surface area contributed by atoms with Crippen LogP contribution in [0.1, 0.15) is 49.1 Å². The molecule has 3 rings (SSSR count). The summed E-state index contributed by atoms with van der Waals surface area (Å²) in [7, 11) is 1.95. The van der Waals surface area contributed by atoms with Crippen molar-refractivity contribution in [3.8, 4) is 0 Å². The third-order valence-electron chi connectivity index (χ3n) is 5.49.